The minimum Gasteiger partial charge on any atom is -0.497 e. The molecule has 1 N–H and O–H groups in total. The molecule has 3 atom stereocenters. The van der Waals surface area contributed by atoms with Crippen LogP contribution in [0.25, 0.3) is 10.2 Å². The molecule has 26 heavy (non-hydrogen) atoms. The lowest BCUT2D eigenvalue weighted by atomic mass is 9.43. The number of aromatic nitrogens is 1. The number of methoxy groups -OCH3 is 1. The van der Waals surface area contributed by atoms with Gasteiger partial charge in [-0.2, -0.15) is 0 Å². The highest BCUT2D eigenvalue weighted by atomic mass is 79.9. The second-order valence-electron chi connectivity index (χ2n) is 7.61. The van der Waals surface area contributed by atoms with Crippen molar-refractivity contribution in [2.45, 2.75) is 35.3 Å². The van der Waals surface area contributed by atoms with Crippen molar-refractivity contribution in [1.82, 2.24) is 4.98 Å². The minimum atomic E-state index is -0.428. The Morgan fingerprint density at radius 2 is 2.12 bits per heavy atom. The van der Waals surface area contributed by atoms with E-state index in [0.29, 0.717) is 5.13 Å². The molecule has 3 aliphatic rings. The summed E-state index contributed by atoms with van der Waals surface area (Å²) in [5.41, 5.74) is 0.331. The molecule has 8 heteroatoms. The summed E-state index contributed by atoms with van der Waals surface area (Å²) in [6.45, 7) is 4.41. The van der Waals surface area contributed by atoms with E-state index in [2.05, 4.69) is 71.9 Å². The zero-order valence-electron chi connectivity index (χ0n) is 14.6. The van der Waals surface area contributed by atoms with Crippen molar-refractivity contribution in [3.8, 4) is 5.75 Å². The number of rotatable bonds is 4. The van der Waals surface area contributed by atoms with Crippen LogP contribution in [0.15, 0.2) is 18.2 Å². The zero-order chi connectivity index (χ0) is 18.9. The molecule has 5 rings (SSSR count). The van der Waals surface area contributed by atoms with Crippen LogP contribution < -0.4 is 10.1 Å². The van der Waals surface area contributed by atoms with Gasteiger partial charge < -0.3 is 10.1 Å². The highest BCUT2D eigenvalue weighted by Gasteiger charge is 2.83. The van der Waals surface area contributed by atoms with Gasteiger partial charge in [-0.3, -0.25) is 4.79 Å². The second kappa shape index (κ2) is 6.16. The van der Waals surface area contributed by atoms with Crippen molar-refractivity contribution in [1.29, 1.82) is 0 Å². The van der Waals surface area contributed by atoms with Crippen LogP contribution in [0.2, 0.25) is 0 Å². The predicted molar refractivity (Wildman–Crippen MR) is 117 cm³/mol. The van der Waals surface area contributed by atoms with Gasteiger partial charge in [0.05, 0.1) is 26.5 Å². The van der Waals surface area contributed by atoms with Crippen molar-refractivity contribution in [2.24, 2.45) is 16.2 Å². The van der Waals surface area contributed by atoms with E-state index in [4.69, 9.17) is 4.74 Å². The van der Waals surface area contributed by atoms with Crippen molar-refractivity contribution in [2.75, 3.05) is 12.4 Å². The van der Waals surface area contributed by atoms with E-state index in [1.165, 1.54) is 11.3 Å². The second-order valence-corrected chi connectivity index (χ2v) is 12.6. The topological polar surface area (TPSA) is 51.2 Å². The maximum atomic E-state index is 13.3. The number of benzene rings is 1. The van der Waals surface area contributed by atoms with Crippen LogP contribution in [0.5, 0.6) is 5.75 Å². The average Bonchev–Trinajstić information content (AvgIpc) is 3.21. The number of hydrogen-bond acceptors (Lipinski definition) is 4. The Hall–Kier alpha value is -0.180. The Kier molecular flexibility index (Phi) is 4.54. The van der Waals surface area contributed by atoms with Crippen molar-refractivity contribution < 1.29 is 9.53 Å². The molecular weight excluding hydrogens is 548 g/mol. The van der Waals surface area contributed by atoms with Gasteiger partial charge >= 0.3 is 0 Å². The number of hydrogen-bond donors (Lipinski definition) is 1. The van der Waals surface area contributed by atoms with Gasteiger partial charge in [-0.05, 0) is 36.5 Å². The van der Waals surface area contributed by atoms with Crippen molar-refractivity contribution in [3.63, 3.8) is 0 Å². The maximum Gasteiger partial charge on any atom is 0.234 e. The summed E-state index contributed by atoms with van der Waals surface area (Å²) in [5, 5.41) is 3.74. The van der Waals surface area contributed by atoms with Crippen molar-refractivity contribution >= 4 is 80.4 Å². The van der Waals surface area contributed by atoms with Gasteiger partial charge in [0.25, 0.3) is 0 Å². The molecule has 3 fully saturated rings. The van der Waals surface area contributed by atoms with Crippen LogP contribution in [-0.2, 0) is 4.79 Å². The highest BCUT2D eigenvalue weighted by Crippen LogP contribution is 2.82. The molecule has 0 spiro atoms. The van der Waals surface area contributed by atoms with Gasteiger partial charge in [0.15, 0.2) is 5.13 Å². The zero-order valence-corrected chi connectivity index (χ0v) is 20.2. The summed E-state index contributed by atoms with van der Waals surface area (Å²) in [5.74, 6) is 0.851. The van der Waals surface area contributed by atoms with Gasteiger partial charge in [0, 0.05) is 10.2 Å². The van der Waals surface area contributed by atoms with E-state index < -0.39 is 5.41 Å². The SMILES string of the molecule is COc1ccc2nc(NC(=O)C34CCC(C(Br)Br)(C3Br)C4(C)C)sc2c1. The van der Waals surface area contributed by atoms with Crippen LogP contribution in [-0.4, -0.2) is 26.6 Å². The third-order valence-electron chi connectivity index (χ3n) is 6.71. The first kappa shape index (κ1) is 19.2. The first-order valence-electron chi connectivity index (χ1n) is 8.39. The number of fused-ring (bicyclic) bond motifs is 2. The number of nitrogens with zero attached hydrogens (tertiary/aromatic N) is 1. The van der Waals surface area contributed by atoms with E-state index in [1.807, 2.05) is 18.2 Å². The van der Waals surface area contributed by atoms with E-state index >= 15 is 0 Å². The number of alkyl halides is 3. The largest absolute Gasteiger partial charge is 0.497 e. The quantitative estimate of drug-likeness (QED) is 0.467. The van der Waals surface area contributed by atoms with Gasteiger partial charge in [-0.25, -0.2) is 4.98 Å². The maximum absolute atomic E-state index is 13.3. The molecule has 2 bridgehead atoms. The van der Waals surface area contributed by atoms with Crippen LogP contribution in [0, 0.1) is 16.2 Å². The Morgan fingerprint density at radius 1 is 1.38 bits per heavy atom. The molecule has 0 radical (unpaired) electrons. The standard InChI is InChI=1S/C18H19Br3N2O2S/c1-16(2)17(13(20)21)6-7-18(16,12(17)19)14(24)23-15-22-10-5-4-9(25-3)8-11(10)26-15/h4-5,8,12-13H,6-7H2,1-3H3,(H,22,23,24). The Labute approximate surface area is 181 Å². The molecule has 0 aliphatic heterocycles. The smallest absolute Gasteiger partial charge is 0.234 e. The summed E-state index contributed by atoms with van der Waals surface area (Å²) in [6.07, 6.45) is 1.87. The lowest BCUT2D eigenvalue weighted by Gasteiger charge is -2.66. The lowest BCUT2D eigenvalue weighted by Crippen LogP contribution is -2.71. The number of halogens is 3. The summed E-state index contributed by atoms with van der Waals surface area (Å²) in [4.78, 5) is 18.0. The normalized spacial score (nSPS) is 31.9. The molecule has 1 aromatic carbocycles. The first-order chi connectivity index (χ1) is 12.2. The summed E-state index contributed by atoms with van der Waals surface area (Å²) >= 11 is 12.8. The van der Waals surface area contributed by atoms with Gasteiger partial charge in [-0.15, -0.1) is 0 Å². The number of thiazole rings is 1. The summed E-state index contributed by atoms with van der Waals surface area (Å²) < 4.78 is 6.44. The molecule has 1 amide bonds. The first-order valence-corrected chi connectivity index (χ1v) is 12.0. The van der Waals surface area contributed by atoms with Gasteiger partial charge in [0.1, 0.15) is 5.75 Å². The fourth-order valence-corrected chi connectivity index (χ4v) is 10.8. The van der Waals surface area contributed by atoms with Crippen LogP contribution in [0.3, 0.4) is 0 Å². The molecule has 3 unspecified atom stereocenters. The molecule has 140 valence electrons. The Balaban J connectivity index is 1.63. The van der Waals surface area contributed by atoms with Gasteiger partial charge in [0.2, 0.25) is 5.91 Å². The molecular formula is C18H19Br3N2O2S. The van der Waals surface area contributed by atoms with Crippen LogP contribution in [0.4, 0.5) is 5.13 Å². The van der Waals surface area contributed by atoms with Crippen LogP contribution >= 0.6 is 59.1 Å². The molecule has 2 aromatic rings. The summed E-state index contributed by atoms with van der Waals surface area (Å²) in [6, 6.07) is 5.75. The molecule has 3 aliphatic carbocycles. The van der Waals surface area contributed by atoms with Crippen LogP contribution in [0.1, 0.15) is 26.7 Å². The fraction of sp³-hybridized carbons (Fsp3) is 0.556. The third kappa shape index (κ3) is 2.16. The lowest BCUT2D eigenvalue weighted by molar-refractivity contribution is -0.155. The van der Waals surface area contributed by atoms with E-state index in [9.17, 15) is 4.79 Å². The molecule has 4 nitrogen and oxygen atoms in total. The van der Waals surface area contributed by atoms with Gasteiger partial charge in [-0.1, -0.05) is 73.0 Å². The number of carbonyl (C=O) groups excluding carboxylic acids is 1. The third-order valence-corrected chi connectivity index (χ3v) is 10.9. The molecule has 3 saturated carbocycles. The van der Waals surface area contributed by atoms with E-state index in [-0.39, 0.29) is 25.3 Å². The molecule has 1 heterocycles. The van der Waals surface area contributed by atoms with E-state index in [1.54, 1.807) is 7.11 Å². The Bertz CT molecular complexity index is 900. The molecule has 0 saturated heterocycles. The monoisotopic (exact) mass is 564 g/mol. The number of anilines is 1. The predicted octanol–water partition coefficient (Wildman–Crippen LogP) is 5.93. The Morgan fingerprint density at radius 3 is 2.69 bits per heavy atom. The fourth-order valence-electron chi connectivity index (χ4n) is 4.99. The number of ether oxygens (including phenoxy) is 1. The number of nitrogens with one attached hydrogen (secondary N) is 1. The molecule has 1 aromatic heterocycles. The highest BCUT2D eigenvalue weighted by molar-refractivity contribution is 9.24. The van der Waals surface area contributed by atoms with E-state index in [0.717, 1.165) is 28.8 Å². The number of amides is 1. The average molecular weight is 567 g/mol. The van der Waals surface area contributed by atoms with Crippen molar-refractivity contribution in [3.05, 3.63) is 18.2 Å². The summed E-state index contributed by atoms with van der Waals surface area (Å²) in [7, 11) is 1.65. The minimum absolute atomic E-state index is 0.0191. The number of carbonyl (C=O) groups is 1.